The number of aryl methyl sites for hydroxylation is 2. The van der Waals surface area contributed by atoms with Crippen molar-refractivity contribution in [3.05, 3.63) is 44.9 Å². The quantitative estimate of drug-likeness (QED) is 0.820. The van der Waals surface area contributed by atoms with Crippen LogP contribution in [0.1, 0.15) is 37.5 Å². The lowest BCUT2D eigenvalue weighted by atomic mass is 9.85. The molecular formula is C16H21BrO2. The summed E-state index contributed by atoms with van der Waals surface area (Å²) in [6.07, 6.45) is 2.50. The summed E-state index contributed by atoms with van der Waals surface area (Å²) >= 11 is 3.47. The summed E-state index contributed by atoms with van der Waals surface area (Å²) in [5, 5.41) is 9.29. The number of halogens is 1. The number of benzene rings is 1. The second-order valence-electron chi connectivity index (χ2n) is 5.90. The Labute approximate surface area is 123 Å². The number of hydrogen-bond donors (Lipinski definition) is 1. The SMILES string of the molecule is Cc1cc(Br)cc(C)c1C/C=C(/C(=O)O)C(C)(C)C. The molecule has 0 bridgehead atoms. The molecule has 3 heteroatoms. The van der Waals surface area contributed by atoms with Crippen molar-refractivity contribution >= 4 is 21.9 Å². The molecule has 2 nitrogen and oxygen atoms in total. The van der Waals surface area contributed by atoms with Crippen LogP contribution in [0, 0.1) is 19.3 Å². The van der Waals surface area contributed by atoms with Crippen molar-refractivity contribution in [1.82, 2.24) is 0 Å². The Balaban J connectivity index is 3.13. The van der Waals surface area contributed by atoms with E-state index in [-0.39, 0.29) is 5.41 Å². The largest absolute Gasteiger partial charge is 0.478 e. The van der Waals surface area contributed by atoms with Crippen molar-refractivity contribution in [3.63, 3.8) is 0 Å². The van der Waals surface area contributed by atoms with Crippen LogP contribution in [-0.4, -0.2) is 11.1 Å². The Kier molecular flexibility index (Phi) is 4.97. The van der Waals surface area contributed by atoms with Crippen molar-refractivity contribution in [3.8, 4) is 0 Å². The Morgan fingerprint density at radius 1 is 1.26 bits per heavy atom. The lowest BCUT2D eigenvalue weighted by Crippen LogP contribution is -2.17. The van der Waals surface area contributed by atoms with E-state index >= 15 is 0 Å². The van der Waals surface area contributed by atoms with Crippen LogP contribution in [0.15, 0.2) is 28.3 Å². The molecule has 0 heterocycles. The standard InChI is InChI=1S/C16H21BrO2/c1-10-8-12(17)9-11(2)13(10)6-7-14(15(18)19)16(3,4)5/h7-9H,6H2,1-5H3,(H,18,19)/b14-7-. The van der Waals surface area contributed by atoms with Gasteiger partial charge in [-0.25, -0.2) is 4.79 Å². The Hall–Kier alpha value is -1.09. The van der Waals surface area contributed by atoms with Crippen LogP contribution in [0.5, 0.6) is 0 Å². The zero-order valence-corrected chi connectivity index (χ0v) is 13.8. The maximum absolute atomic E-state index is 11.3. The molecule has 1 rings (SSSR count). The van der Waals surface area contributed by atoms with Gasteiger partial charge in [-0.1, -0.05) is 42.8 Å². The van der Waals surface area contributed by atoms with Gasteiger partial charge in [0.05, 0.1) is 0 Å². The molecule has 0 unspecified atom stereocenters. The van der Waals surface area contributed by atoms with Crippen molar-refractivity contribution in [2.45, 2.75) is 41.0 Å². The Bertz CT molecular complexity index is 499. The van der Waals surface area contributed by atoms with Gasteiger partial charge in [0.15, 0.2) is 0 Å². The number of rotatable bonds is 3. The Morgan fingerprint density at radius 3 is 2.11 bits per heavy atom. The van der Waals surface area contributed by atoms with E-state index in [1.165, 1.54) is 16.7 Å². The summed E-state index contributed by atoms with van der Waals surface area (Å²) in [6.45, 7) is 9.88. The molecule has 19 heavy (non-hydrogen) atoms. The summed E-state index contributed by atoms with van der Waals surface area (Å²) in [6, 6.07) is 4.13. The van der Waals surface area contributed by atoms with Crippen LogP contribution >= 0.6 is 15.9 Å². The van der Waals surface area contributed by atoms with Gasteiger partial charge in [0.1, 0.15) is 0 Å². The molecule has 1 aromatic carbocycles. The second kappa shape index (κ2) is 5.91. The number of carboxylic acid groups (broad SMARTS) is 1. The minimum atomic E-state index is -0.833. The lowest BCUT2D eigenvalue weighted by molar-refractivity contribution is -0.133. The van der Waals surface area contributed by atoms with Gasteiger partial charge in [0.25, 0.3) is 0 Å². The van der Waals surface area contributed by atoms with E-state index in [1.54, 1.807) is 0 Å². The molecule has 0 aromatic heterocycles. The summed E-state index contributed by atoms with van der Waals surface area (Å²) in [7, 11) is 0. The van der Waals surface area contributed by atoms with Crippen LogP contribution in [-0.2, 0) is 11.2 Å². The third-order valence-electron chi connectivity index (χ3n) is 3.21. The molecule has 0 atom stereocenters. The lowest BCUT2D eigenvalue weighted by Gasteiger charge is -2.20. The molecule has 0 saturated carbocycles. The fourth-order valence-corrected chi connectivity index (χ4v) is 2.87. The molecule has 0 radical (unpaired) electrons. The smallest absolute Gasteiger partial charge is 0.331 e. The van der Waals surface area contributed by atoms with E-state index in [2.05, 4.69) is 41.9 Å². The molecule has 0 spiro atoms. The molecule has 0 aliphatic heterocycles. The molecule has 0 fully saturated rings. The van der Waals surface area contributed by atoms with E-state index < -0.39 is 5.97 Å². The molecule has 0 amide bonds. The first-order valence-corrected chi connectivity index (χ1v) is 7.11. The van der Waals surface area contributed by atoms with Crippen molar-refractivity contribution in [2.24, 2.45) is 5.41 Å². The average Bonchev–Trinajstić information content (AvgIpc) is 2.18. The topological polar surface area (TPSA) is 37.3 Å². The molecule has 1 aromatic rings. The minimum absolute atomic E-state index is 0.344. The van der Waals surface area contributed by atoms with Gasteiger partial charge >= 0.3 is 5.97 Å². The van der Waals surface area contributed by atoms with Crippen LogP contribution in [0.3, 0.4) is 0 Å². The van der Waals surface area contributed by atoms with Crippen LogP contribution in [0.25, 0.3) is 0 Å². The number of carbonyl (C=O) groups is 1. The summed E-state index contributed by atoms with van der Waals surface area (Å²) < 4.78 is 1.06. The zero-order chi connectivity index (χ0) is 14.8. The van der Waals surface area contributed by atoms with Gasteiger partial charge in [-0.3, -0.25) is 0 Å². The van der Waals surface area contributed by atoms with E-state index in [0.29, 0.717) is 12.0 Å². The van der Waals surface area contributed by atoms with Gasteiger partial charge in [0.2, 0.25) is 0 Å². The predicted molar refractivity (Wildman–Crippen MR) is 82.5 cm³/mol. The fraction of sp³-hybridized carbons (Fsp3) is 0.438. The summed E-state index contributed by atoms with van der Waals surface area (Å²) in [4.78, 5) is 11.3. The molecule has 0 aliphatic rings. The van der Waals surface area contributed by atoms with Crippen LogP contribution in [0.4, 0.5) is 0 Å². The molecule has 0 saturated heterocycles. The van der Waals surface area contributed by atoms with E-state index in [1.807, 2.05) is 26.8 Å². The highest BCUT2D eigenvalue weighted by Crippen LogP contribution is 2.27. The van der Waals surface area contributed by atoms with Crippen molar-refractivity contribution < 1.29 is 9.90 Å². The van der Waals surface area contributed by atoms with Gasteiger partial charge in [-0.15, -0.1) is 0 Å². The van der Waals surface area contributed by atoms with Gasteiger partial charge in [-0.05, 0) is 54.5 Å². The highest BCUT2D eigenvalue weighted by atomic mass is 79.9. The van der Waals surface area contributed by atoms with Crippen molar-refractivity contribution in [2.75, 3.05) is 0 Å². The first-order valence-electron chi connectivity index (χ1n) is 6.32. The average molecular weight is 325 g/mol. The number of hydrogen-bond acceptors (Lipinski definition) is 1. The predicted octanol–water partition coefficient (Wildman–Crippen LogP) is 4.67. The maximum atomic E-state index is 11.3. The third kappa shape index (κ3) is 4.20. The third-order valence-corrected chi connectivity index (χ3v) is 3.67. The van der Waals surface area contributed by atoms with Gasteiger partial charge in [0, 0.05) is 10.0 Å². The van der Waals surface area contributed by atoms with Gasteiger partial charge < -0.3 is 5.11 Å². The second-order valence-corrected chi connectivity index (χ2v) is 6.81. The van der Waals surface area contributed by atoms with E-state index in [9.17, 15) is 9.90 Å². The molecule has 0 aliphatic carbocycles. The first kappa shape index (κ1) is 16.0. The molecule has 104 valence electrons. The summed E-state index contributed by atoms with van der Waals surface area (Å²) in [5.74, 6) is -0.833. The van der Waals surface area contributed by atoms with E-state index in [0.717, 1.165) is 4.47 Å². The highest BCUT2D eigenvalue weighted by Gasteiger charge is 2.23. The van der Waals surface area contributed by atoms with Crippen molar-refractivity contribution in [1.29, 1.82) is 0 Å². The first-order chi connectivity index (χ1) is 8.62. The zero-order valence-electron chi connectivity index (χ0n) is 12.2. The number of carboxylic acids is 1. The van der Waals surface area contributed by atoms with E-state index in [4.69, 9.17) is 0 Å². The normalized spacial score (nSPS) is 12.6. The number of aliphatic carboxylic acids is 1. The number of allylic oxidation sites excluding steroid dienone is 1. The highest BCUT2D eigenvalue weighted by molar-refractivity contribution is 9.10. The molecule has 1 N–H and O–H groups in total. The van der Waals surface area contributed by atoms with Gasteiger partial charge in [-0.2, -0.15) is 0 Å². The van der Waals surface area contributed by atoms with Crippen LogP contribution < -0.4 is 0 Å². The Morgan fingerprint density at radius 2 is 1.74 bits per heavy atom. The maximum Gasteiger partial charge on any atom is 0.331 e. The summed E-state index contributed by atoms with van der Waals surface area (Å²) in [5.41, 5.74) is 3.69. The van der Waals surface area contributed by atoms with Crippen LogP contribution in [0.2, 0.25) is 0 Å². The molecular weight excluding hydrogens is 304 g/mol. The fourth-order valence-electron chi connectivity index (χ4n) is 2.18. The monoisotopic (exact) mass is 324 g/mol. The minimum Gasteiger partial charge on any atom is -0.478 e.